The lowest BCUT2D eigenvalue weighted by atomic mass is 9.79. The summed E-state index contributed by atoms with van der Waals surface area (Å²) in [4.78, 5) is 12.0. The van der Waals surface area contributed by atoms with E-state index in [-0.39, 0.29) is 16.8 Å². The van der Waals surface area contributed by atoms with Gasteiger partial charge in [0.25, 0.3) is 5.60 Å². The Morgan fingerprint density at radius 2 is 1.48 bits per heavy atom. The second kappa shape index (κ2) is 6.57. The third-order valence-electron chi connectivity index (χ3n) is 4.25. The van der Waals surface area contributed by atoms with E-state index in [1.54, 1.807) is 6.92 Å². The van der Waals surface area contributed by atoms with Gasteiger partial charge in [0.2, 0.25) is 0 Å². The molecule has 0 saturated heterocycles. The molecule has 0 bridgehead atoms. The van der Waals surface area contributed by atoms with E-state index < -0.39 is 48.3 Å². The first-order chi connectivity index (χ1) is 10.2. The summed E-state index contributed by atoms with van der Waals surface area (Å²) >= 11 is 1.82. The van der Waals surface area contributed by atoms with Gasteiger partial charge < -0.3 is 9.84 Å². The highest BCUT2D eigenvalue weighted by molar-refractivity contribution is 14.1. The van der Waals surface area contributed by atoms with Crippen molar-refractivity contribution in [1.29, 1.82) is 0 Å². The molecule has 0 aromatic heterocycles. The van der Waals surface area contributed by atoms with Gasteiger partial charge in [0.05, 0.1) is 5.92 Å². The van der Waals surface area contributed by atoms with Crippen molar-refractivity contribution in [3.05, 3.63) is 0 Å². The molecule has 10 heteroatoms. The Morgan fingerprint density at radius 1 is 1.09 bits per heavy atom. The van der Waals surface area contributed by atoms with Gasteiger partial charge in [-0.05, 0) is 25.7 Å². The summed E-state index contributed by atoms with van der Waals surface area (Å²) in [5, 5.41) is 9.67. The first kappa shape index (κ1) is 20.8. The van der Waals surface area contributed by atoms with Gasteiger partial charge in [0.1, 0.15) is 0 Å². The fourth-order valence-corrected chi connectivity index (χ4v) is 2.93. The summed E-state index contributed by atoms with van der Waals surface area (Å²) in [7, 11) is 0. The van der Waals surface area contributed by atoms with E-state index in [2.05, 4.69) is 0 Å². The van der Waals surface area contributed by atoms with Crippen LogP contribution in [0.3, 0.4) is 0 Å². The van der Waals surface area contributed by atoms with Crippen LogP contribution < -0.4 is 0 Å². The maximum absolute atomic E-state index is 13.1. The van der Waals surface area contributed by atoms with E-state index in [4.69, 9.17) is 4.74 Å². The number of hydrogen-bond acceptors (Lipinski definition) is 3. The number of aliphatic hydroxyl groups is 1. The van der Waals surface area contributed by atoms with Crippen molar-refractivity contribution in [2.45, 2.75) is 67.0 Å². The normalized spacial score (nSPS) is 21.8. The van der Waals surface area contributed by atoms with Crippen molar-refractivity contribution in [3.63, 3.8) is 0 Å². The summed E-state index contributed by atoms with van der Waals surface area (Å²) in [6.07, 6.45) is -13.4. The lowest BCUT2D eigenvalue weighted by Crippen LogP contribution is -2.71. The van der Waals surface area contributed by atoms with Crippen LogP contribution in [0.25, 0.3) is 0 Å². The molecular weight excluding hydrogens is 445 g/mol. The minimum absolute atomic E-state index is 0.00405. The molecule has 2 atom stereocenters. The van der Waals surface area contributed by atoms with Crippen LogP contribution in [0.5, 0.6) is 0 Å². The molecule has 1 saturated carbocycles. The van der Waals surface area contributed by atoms with E-state index in [0.29, 0.717) is 0 Å². The molecule has 1 N–H and O–H groups in total. The Labute approximate surface area is 142 Å². The van der Waals surface area contributed by atoms with Crippen LogP contribution in [0.15, 0.2) is 0 Å². The van der Waals surface area contributed by atoms with Crippen LogP contribution in [0, 0.1) is 5.92 Å². The van der Waals surface area contributed by atoms with Crippen LogP contribution in [0.1, 0.15) is 39.5 Å². The predicted molar refractivity (Wildman–Crippen MR) is 77.0 cm³/mol. The number of halogens is 7. The molecule has 1 rings (SSSR count). The largest absolute Gasteiger partial charge is 0.455 e. The number of alkyl halides is 7. The van der Waals surface area contributed by atoms with Gasteiger partial charge in [0, 0.05) is 3.92 Å². The number of esters is 1. The molecule has 1 fully saturated rings. The topological polar surface area (TPSA) is 46.5 Å². The minimum Gasteiger partial charge on any atom is -0.455 e. The summed E-state index contributed by atoms with van der Waals surface area (Å²) in [6, 6.07) is 0. The molecule has 23 heavy (non-hydrogen) atoms. The molecule has 0 heterocycles. The Morgan fingerprint density at radius 3 is 1.78 bits per heavy atom. The highest BCUT2D eigenvalue weighted by Crippen LogP contribution is 2.56. The smallest absolute Gasteiger partial charge is 0.430 e. The average molecular weight is 462 g/mol. The van der Waals surface area contributed by atoms with Crippen LogP contribution in [-0.4, -0.2) is 38.6 Å². The minimum atomic E-state index is -6.02. The Bertz CT molecular complexity index is 426. The molecule has 0 amide bonds. The Balaban J connectivity index is 3.34. The van der Waals surface area contributed by atoms with Gasteiger partial charge >= 0.3 is 18.3 Å². The van der Waals surface area contributed by atoms with Gasteiger partial charge in [-0.25, -0.2) is 0 Å². The summed E-state index contributed by atoms with van der Waals surface area (Å²) in [5.41, 5.74) is -8.13. The number of carbonyl (C=O) groups is 1. The molecular formula is C13H17F6IO3. The maximum atomic E-state index is 13.1. The highest BCUT2D eigenvalue weighted by atomic mass is 127. The molecule has 1 aliphatic carbocycles. The summed E-state index contributed by atoms with van der Waals surface area (Å²) in [5.74, 6) is -2.08. The van der Waals surface area contributed by atoms with Crippen molar-refractivity contribution in [2.24, 2.45) is 5.92 Å². The van der Waals surface area contributed by atoms with Crippen LogP contribution in [0.2, 0.25) is 0 Å². The van der Waals surface area contributed by atoms with E-state index in [1.165, 1.54) is 6.92 Å². The summed E-state index contributed by atoms with van der Waals surface area (Å²) < 4.78 is 83.2. The number of rotatable bonds is 4. The third kappa shape index (κ3) is 3.57. The SMILES string of the molecule is CC(I)C(C)C(=O)OC1(C(O)(C(F)(F)F)C(F)(F)F)CCCC1. The molecule has 3 nitrogen and oxygen atoms in total. The maximum Gasteiger partial charge on any atom is 0.430 e. The van der Waals surface area contributed by atoms with E-state index >= 15 is 0 Å². The summed E-state index contributed by atoms with van der Waals surface area (Å²) in [6.45, 7) is 2.93. The fraction of sp³-hybridized carbons (Fsp3) is 0.923. The average Bonchev–Trinajstić information content (AvgIpc) is 2.83. The van der Waals surface area contributed by atoms with Crippen LogP contribution in [0.4, 0.5) is 26.3 Å². The second-order valence-corrected chi connectivity index (χ2v) is 7.76. The van der Waals surface area contributed by atoms with E-state index in [1.807, 2.05) is 22.6 Å². The lowest BCUT2D eigenvalue weighted by Gasteiger charge is -2.45. The van der Waals surface area contributed by atoms with E-state index in [9.17, 15) is 36.2 Å². The Hall–Kier alpha value is -0.260. The van der Waals surface area contributed by atoms with Crippen LogP contribution >= 0.6 is 22.6 Å². The zero-order valence-corrected chi connectivity index (χ0v) is 14.6. The standard InChI is InChI=1S/C13H17F6IO3/c1-7(8(2)20)9(21)23-10(5-3-4-6-10)11(22,12(14,15)16)13(17,18)19/h7-8,22H,3-6H2,1-2H3. The molecule has 0 aromatic carbocycles. The van der Waals surface area contributed by atoms with E-state index in [0.717, 1.165) is 0 Å². The van der Waals surface area contributed by atoms with Crippen molar-refractivity contribution in [3.8, 4) is 0 Å². The van der Waals surface area contributed by atoms with Gasteiger partial charge in [-0.2, -0.15) is 26.3 Å². The molecule has 2 unspecified atom stereocenters. The number of hydrogen-bond donors (Lipinski definition) is 1. The van der Waals surface area contributed by atoms with Crippen molar-refractivity contribution >= 4 is 28.6 Å². The molecule has 0 radical (unpaired) electrons. The highest BCUT2D eigenvalue weighted by Gasteiger charge is 2.81. The number of ether oxygens (including phenoxy) is 1. The molecule has 0 aliphatic heterocycles. The molecule has 0 aromatic rings. The quantitative estimate of drug-likeness (QED) is 0.296. The number of carbonyl (C=O) groups excluding carboxylic acids is 1. The van der Waals surface area contributed by atoms with Gasteiger partial charge in [-0.1, -0.05) is 36.4 Å². The van der Waals surface area contributed by atoms with Crippen LogP contribution in [-0.2, 0) is 9.53 Å². The van der Waals surface area contributed by atoms with Gasteiger partial charge in [-0.15, -0.1) is 0 Å². The Kier molecular flexibility index (Phi) is 5.93. The monoisotopic (exact) mass is 462 g/mol. The second-order valence-electron chi connectivity index (χ2n) is 5.79. The molecule has 0 spiro atoms. The zero-order chi connectivity index (χ0) is 18.3. The third-order valence-corrected chi connectivity index (χ3v) is 5.33. The first-order valence-electron chi connectivity index (χ1n) is 6.92. The van der Waals surface area contributed by atoms with Crippen molar-refractivity contribution in [1.82, 2.24) is 0 Å². The zero-order valence-electron chi connectivity index (χ0n) is 12.4. The van der Waals surface area contributed by atoms with Crippen molar-refractivity contribution < 1.29 is 41.0 Å². The van der Waals surface area contributed by atoms with Gasteiger partial charge in [-0.3, -0.25) is 4.79 Å². The lowest BCUT2D eigenvalue weighted by molar-refractivity contribution is -0.412. The molecule has 1 aliphatic rings. The van der Waals surface area contributed by atoms with Crippen molar-refractivity contribution in [2.75, 3.05) is 0 Å². The van der Waals surface area contributed by atoms with Gasteiger partial charge in [0.15, 0.2) is 5.60 Å². The molecule has 136 valence electrons. The fourth-order valence-electron chi connectivity index (χ4n) is 2.63. The predicted octanol–water partition coefficient (Wildman–Crippen LogP) is 4.16. The first-order valence-corrected chi connectivity index (χ1v) is 8.17.